The summed E-state index contributed by atoms with van der Waals surface area (Å²) in [6, 6.07) is 15.5. The van der Waals surface area contributed by atoms with E-state index in [0.29, 0.717) is 37.3 Å². The van der Waals surface area contributed by atoms with Crippen LogP contribution in [0.25, 0.3) is 11.1 Å². The first kappa shape index (κ1) is 23.6. The number of rotatable bonds is 10. The van der Waals surface area contributed by atoms with E-state index in [2.05, 4.69) is 5.32 Å². The maximum atomic E-state index is 12.2. The van der Waals surface area contributed by atoms with Gasteiger partial charge >= 0.3 is 12.1 Å². The van der Waals surface area contributed by atoms with Crippen molar-refractivity contribution in [2.75, 3.05) is 31.7 Å². The van der Waals surface area contributed by atoms with Crippen LogP contribution in [0.2, 0.25) is 0 Å². The van der Waals surface area contributed by atoms with E-state index in [9.17, 15) is 9.59 Å². The molecule has 0 aliphatic heterocycles. The molecule has 0 radical (unpaired) electrons. The van der Waals surface area contributed by atoms with Crippen molar-refractivity contribution >= 4 is 17.7 Å². The Balaban J connectivity index is 1.37. The van der Waals surface area contributed by atoms with Crippen LogP contribution in [0.4, 0.5) is 10.5 Å². The fourth-order valence-electron chi connectivity index (χ4n) is 3.88. The van der Waals surface area contributed by atoms with Crippen molar-refractivity contribution in [3.05, 3.63) is 48.5 Å². The van der Waals surface area contributed by atoms with Crippen LogP contribution < -0.4 is 10.1 Å². The van der Waals surface area contributed by atoms with Gasteiger partial charge in [-0.1, -0.05) is 24.3 Å². The molecule has 0 atom stereocenters. The third-order valence-electron chi connectivity index (χ3n) is 5.63. The Morgan fingerprint density at radius 1 is 0.906 bits per heavy atom. The molecule has 2 aromatic carbocycles. The lowest BCUT2D eigenvalue weighted by Crippen LogP contribution is -2.25. The zero-order chi connectivity index (χ0) is 22.8. The van der Waals surface area contributed by atoms with Crippen LogP contribution in [0.15, 0.2) is 48.5 Å². The van der Waals surface area contributed by atoms with Crippen LogP contribution >= 0.6 is 0 Å². The van der Waals surface area contributed by atoms with Crippen LogP contribution in [0, 0.1) is 11.8 Å². The summed E-state index contributed by atoms with van der Waals surface area (Å²) in [5.41, 5.74) is 2.81. The summed E-state index contributed by atoms with van der Waals surface area (Å²) in [6.07, 6.45) is 3.37. The minimum Gasteiger partial charge on any atom is -0.494 e. The molecule has 1 amide bonds. The highest BCUT2D eigenvalue weighted by Crippen LogP contribution is 2.29. The fourth-order valence-corrected chi connectivity index (χ4v) is 3.88. The number of carboxylic acids is 1. The highest BCUT2D eigenvalue weighted by atomic mass is 16.5. The summed E-state index contributed by atoms with van der Waals surface area (Å²) in [5, 5.41) is 11.4. The zero-order valence-electron chi connectivity index (χ0n) is 18.4. The monoisotopic (exact) mass is 441 g/mol. The summed E-state index contributed by atoms with van der Waals surface area (Å²) in [7, 11) is 0. The molecule has 2 N–H and O–H groups in total. The Hall–Kier alpha value is -3.06. The first-order valence-corrected chi connectivity index (χ1v) is 11.1. The van der Waals surface area contributed by atoms with Crippen LogP contribution in [0.3, 0.4) is 0 Å². The van der Waals surface area contributed by atoms with Gasteiger partial charge in [0.2, 0.25) is 0 Å². The van der Waals surface area contributed by atoms with Crippen LogP contribution in [0.5, 0.6) is 5.75 Å². The van der Waals surface area contributed by atoms with Gasteiger partial charge in [0.05, 0.1) is 19.8 Å². The summed E-state index contributed by atoms with van der Waals surface area (Å²) in [5.74, 6) is 0.619. The number of nitrogens with one attached hydrogen (secondary N) is 1. The second-order valence-corrected chi connectivity index (χ2v) is 8.05. The molecule has 0 unspecified atom stereocenters. The van der Waals surface area contributed by atoms with Crippen LogP contribution in [-0.4, -0.2) is 43.6 Å². The van der Waals surface area contributed by atoms with Crippen LogP contribution in [-0.2, 0) is 14.3 Å². The van der Waals surface area contributed by atoms with Gasteiger partial charge in [-0.05, 0) is 79.8 Å². The first-order valence-electron chi connectivity index (χ1n) is 11.1. The lowest BCUT2D eigenvalue weighted by molar-refractivity contribution is -0.142. The van der Waals surface area contributed by atoms with Crippen molar-refractivity contribution in [1.82, 2.24) is 0 Å². The number of aliphatic carboxylic acids is 1. The first-order chi connectivity index (χ1) is 15.5. The maximum Gasteiger partial charge on any atom is 0.411 e. The van der Waals surface area contributed by atoms with E-state index in [0.717, 1.165) is 42.6 Å². The lowest BCUT2D eigenvalue weighted by Gasteiger charge is -2.27. The summed E-state index contributed by atoms with van der Waals surface area (Å²) < 4.78 is 16.1. The molecule has 1 aliphatic carbocycles. The van der Waals surface area contributed by atoms with Crippen molar-refractivity contribution in [2.45, 2.75) is 32.6 Å². The van der Waals surface area contributed by atoms with Crippen molar-refractivity contribution in [3.8, 4) is 16.9 Å². The number of amides is 1. The quantitative estimate of drug-likeness (QED) is 0.526. The van der Waals surface area contributed by atoms with Crippen molar-refractivity contribution in [2.24, 2.45) is 11.8 Å². The van der Waals surface area contributed by atoms with Gasteiger partial charge in [-0.2, -0.15) is 0 Å². The molecule has 0 spiro atoms. The highest BCUT2D eigenvalue weighted by molar-refractivity contribution is 5.85. The van der Waals surface area contributed by atoms with E-state index in [1.807, 2.05) is 55.5 Å². The van der Waals surface area contributed by atoms with Crippen molar-refractivity contribution in [3.63, 3.8) is 0 Å². The van der Waals surface area contributed by atoms with Gasteiger partial charge in [0.15, 0.2) is 0 Å². The Kier molecular flexibility index (Phi) is 8.92. The van der Waals surface area contributed by atoms with E-state index >= 15 is 0 Å². The molecule has 0 aromatic heterocycles. The zero-order valence-corrected chi connectivity index (χ0v) is 18.4. The lowest BCUT2D eigenvalue weighted by atomic mass is 9.83. The fraction of sp³-hybridized carbons (Fsp3) is 0.440. The van der Waals surface area contributed by atoms with E-state index in [1.165, 1.54) is 0 Å². The third-order valence-corrected chi connectivity index (χ3v) is 5.63. The highest BCUT2D eigenvalue weighted by Gasteiger charge is 2.22. The molecular weight excluding hydrogens is 410 g/mol. The Labute approximate surface area is 188 Å². The van der Waals surface area contributed by atoms with Crippen LogP contribution in [0.1, 0.15) is 32.6 Å². The molecular formula is C25H31NO6. The van der Waals surface area contributed by atoms with Gasteiger partial charge in [0, 0.05) is 5.69 Å². The third kappa shape index (κ3) is 7.57. The summed E-state index contributed by atoms with van der Waals surface area (Å²) in [4.78, 5) is 22.7. The van der Waals surface area contributed by atoms with Gasteiger partial charge in [0.1, 0.15) is 12.4 Å². The number of anilines is 1. The second kappa shape index (κ2) is 12.1. The van der Waals surface area contributed by atoms with Gasteiger partial charge < -0.3 is 19.3 Å². The molecule has 0 bridgehead atoms. The molecule has 2 aromatic rings. The average Bonchev–Trinajstić information content (AvgIpc) is 2.80. The molecule has 1 saturated carbocycles. The number of carbonyl (C=O) groups excluding carboxylic acids is 1. The molecule has 172 valence electrons. The Morgan fingerprint density at radius 2 is 1.47 bits per heavy atom. The topological polar surface area (TPSA) is 94.1 Å². The van der Waals surface area contributed by atoms with Crippen molar-refractivity contribution in [1.29, 1.82) is 0 Å². The van der Waals surface area contributed by atoms with E-state index < -0.39 is 12.1 Å². The standard InChI is InChI=1S/C25H31NO6/c1-2-31-23-13-9-21(10-14-23)20-7-11-22(12-8-20)26-25(29)32-16-19-5-3-18(4-6-19)15-30-17-24(27)28/h7-14,18-19H,2-6,15-17H2,1H3,(H,26,29)(H,27,28). The minimum atomic E-state index is -0.941. The number of benzene rings is 2. The predicted molar refractivity (Wildman–Crippen MR) is 122 cm³/mol. The van der Waals surface area contributed by atoms with Gasteiger partial charge in [-0.25, -0.2) is 9.59 Å². The Bertz CT molecular complexity index is 857. The Morgan fingerprint density at radius 3 is 2.03 bits per heavy atom. The van der Waals surface area contributed by atoms with E-state index in [-0.39, 0.29) is 6.61 Å². The molecule has 0 saturated heterocycles. The average molecular weight is 442 g/mol. The largest absolute Gasteiger partial charge is 0.494 e. The SMILES string of the molecule is CCOc1ccc(-c2ccc(NC(=O)OCC3CCC(COCC(=O)O)CC3)cc2)cc1. The normalized spacial score (nSPS) is 18.0. The smallest absolute Gasteiger partial charge is 0.411 e. The molecule has 7 nitrogen and oxygen atoms in total. The molecule has 1 aliphatic rings. The number of hydrogen-bond donors (Lipinski definition) is 2. The number of hydrogen-bond acceptors (Lipinski definition) is 5. The van der Waals surface area contributed by atoms with Crippen molar-refractivity contribution < 1.29 is 28.9 Å². The number of carboxylic acid groups (broad SMARTS) is 1. The summed E-state index contributed by atoms with van der Waals surface area (Å²) in [6.45, 7) is 3.22. The molecule has 3 rings (SSSR count). The minimum absolute atomic E-state index is 0.246. The summed E-state index contributed by atoms with van der Waals surface area (Å²) >= 11 is 0. The van der Waals surface area contributed by atoms with Gasteiger partial charge in [0.25, 0.3) is 0 Å². The second-order valence-electron chi connectivity index (χ2n) is 8.05. The van der Waals surface area contributed by atoms with E-state index in [4.69, 9.17) is 19.3 Å². The molecule has 0 heterocycles. The molecule has 1 fully saturated rings. The number of carbonyl (C=O) groups is 2. The maximum absolute atomic E-state index is 12.2. The molecule has 32 heavy (non-hydrogen) atoms. The van der Waals surface area contributed by atoms with E-state index in [1.54, 1.807) is 0 Å². The predicted octanol–water partition coefficient (Wildman–Crippen LogP) is 5.21. The van der Waals surface area contributed by atoms with Gasteiger partial charge in [-0.3, -0.25) is 5.32 Å². The number of ether oxygens (including phenoxy) is 3. The molecule has 7 heteroatoms. The van der Waals surface area contributed by atoms with Gasteiger partial charge in [-0.15, -0.1) is 0 Å².